The molecule has 2 aliphatic rings. The lowest BCUT2D eigenvalue weighted by Crippen LogP contribution is -2.40. The van der Waals surface area contributed by atoms with Gasteiger partial charge in [0, 0.05) is 50.4 Å². The second kappa shape index (κ2) is 8.37. The van der Waals surface area contributed by atoms with E-state index in [1.165, 1.54) is 0 Å². The number of nitrogens with zero attached hydrogens (tertiary/aromatic N) is 1. The van der Waals surface area contributed by atoms with Crippen LogP contribution in [-0.2, 0) is 19.1 Å². The molecular weight excluding hydrogens is 356 g/mol. The van der Waals surface area contributed by atoms with Gasteiger partial charge in [-0.3, -0.25) is 14.9 Å². The van der Waals surface area contributed by atoms with Crippen LogP contribution in [0.3, 0.4) is 0 Å². The van der Waals surface area contributed by atoms with Gasteiger partial charge in [0.15, 0.2) is 6.29 Å². The van der Waals surface area contributed by atoms with Crippen LogP contribution in [0.15, 0.2) is 18.2 Å². The van der Waals surface area contributed by atoms with Crippen molar-refractivity contribution in [3.63, 3.8) is 0 Å². The molecule has 0 aliphatic carbocycles. The van der Waals surface area contributed by atoms with Crippen LogP contribution in [0.1, 0.15) is 37.2 Å². The van der Waals surface area contributed by atoms with Crippen LogP contribution in [0.25, 0.3) is 0 Å². The zero-order valence-corrected chi connectivity index (χ0v) is 15.9. The molecule has 0 spiro atoms. The van der Waals surface area contributed by atoms with Gasteiger partial charge in [0.2, 0.25) is 11.8 Å². The minimum atomic E-state index is -0.357. The van der Waals surface area contributed by atoms with E-state index >= 15 is 0 Å². The van der Waals surface area contributed by atoms with Crippen molar-refractivity contribution in [2.75, 3.05) is 32.2 Å². The summed E-state index contributed by atoms with van der Waals surface area (Å²) in [6.07, 6.45) is 2.67. The average molecular weight is 381 g/mol. The molecule has 1 aromatic carbocycles. The van der Waals surface area contributed by atoms with E-state index in [0.717, 1.165) is 37.2 Å². The smallest absolute Gasteiger partial charge is 0.234 e. The number of amides is 2. The van der Waals surface area contributed by atoms with Crippen molar-refractivity contribution in [1.29, 1.82) is 0 Å². The van der Waals surface area contributed by atoms with Gasteiger partial charge in [-0.15, -0.1) is 0 Å². The summed E-state index contributed by atoms with van der Waals surface area (Å²) in [7, 11) is 3.35. The Hall–Kier alpha value is -1.63. The van der Waals surface area contributed by atoms with Crippen molar-refractivity contribution in [2.24, 2.45) is 5.92 Å². The molecule has 142 valence electrons. The van der Waals surface area contributed by atoms with Crippen molar-refractivity contribution >= 4 is 29.1 Å². The number of carbonyl (C=O) groups excluding carboxylic acids is 2. The lowest BCUT2D eigenvalue weighted by atomic mass is 9.90. The SMILES string of the molecule is COC(OC)C1CCN(c2ccc(C3CCC(=O)NC3=O)c(Cl)c2)CC1. The average Bonchev–Trinajstić information content (AvgIpc) is 2.64. The fourth-order valence-electron chi connectivity index (χ4n) is 3.90. The molecule has 2 amide bonds. The van der Waals surface area contributed by atoms with E-state index in [0.29, 0.717) is 23.8 Å². The predicted molar refractivity (Wildman–Crippen MR) is 99.3 cm³/mol. The van der Waals surface area contributed by atoms with E-state index in [1.54, 1.807) is 14.2 Å². The maximum atomic E-state index is 12.1. The Morgan fingerprint density at radius 3 is 2.42 bits per heavy atom. The van der Waals surface area contributed by atoms with Gasteiger partial charge in [0.05, 0.1) is 5.92 Å². The summed E-state index contributed by atoms with van der Waals surface area (Å²) in [4.78, 5) is 25.7. The van der Waals surface area contributed by atoms with Crippen LogP contribution >= 0.6 is 11.6 Å². The van der Waals surface area contributed by atoms with Gasteiger partial charge >= 0.3 is 0 Å². The summed E-state index contributed by atoms with van der Waals surface area (Å²) in [6.45, 7) is 1.81. The van der Waals surface area contributed by atoms with Gasteiger partial charge in [-0.1, -0.05) is 17.7 Å². The molecule has 26 heavy (non-hydrogen) atoms. The molecule has 0 bridgehead atoms. The third-order valence-corrected chi connectivity index (χ3v) is 5.68. The standard InChI is InChI=1S/C19H25ClN2O4/c1-25-19(26-2)12-7-9-22(10-8-12)13-3-4-14(16(20)11-13)15-5-6-17(23)21-18(15)24/h3-4,11-12,15,19H,5-10H2,1-2H3,(H,21,23,24). The highest BCUT2D eigenvalue weighted by molar-refractivity contribution is 6.32. The Labute approximate surface area is 158 Å². The molecule has 0 radical (unpaired) electrons. The minimum Gasteiger partial charge on any atom is -0.371 e. The number of carbonyl (C=O) groups is 2. The fraction of sp³-hybridized carbons (Fsp3) is 0.579. The molecule has 2 fully saturated rings. The highest BCUT2D eigenvalue weighted by atomic mass is 35.5. The molecular formula is C19H25ClN2O4. The van der Waals surface area contributed by atoms with E-state index in [-0.39, 0.29) is 24.0 Å². The summed E-state index contributed by atoms with van der Waals surface area (Å²) >= 11 is 6.48. The first-order valence-electron chi connectivity index (χ1n) is 8.97. The zero-order chi connectivity index (χ0) is 18.7. The monoisotopic (exact) mass is 380 g/mol. The minimum absolute atomic E-state index is 0.157. The lowest BCUT2D eigenvalue weighted by molar-refractivity contribution is -0.141. The summed E-state index contributed by atoms with van der Waals surface area (Å²) in [5.74, 6) is -0.446. The number of ether oxygens (including phenoxy) is 2. The summed E-state index contributed by atoms with van der Waals surface area (Å²) in [5, 5.41) is 2.96. The molecule has 2 heterocycles. The summed E-state index contributed by atoms with van der Waals surface area (Å²) in [5.41, 5.74) is 1.84. The van der Waals surface area contributed by atoms with Gasteiger partial charge in [0.25, 0.3) is 0 Å². The molecule has 1 N–H and O–H groups in total. The van der Waals surface area contributed by atoms with Crippen molar-refractivity contribution in [3.05, 3.63) is 28.8 Å². The Kier molecular flexibility index (Phi) is 6.16. The van der Waals surface area contributed by atoms with Crippen molar-refractivity contribution in [3.8, 4) is 0 Å². The molecule has 7 heteroatoms. The number of anilines is 1. The molecule has 0 saturated carbocycles. The zero-order valence-electron chi connectivity index (χ0n) is 15.2. The Morgan fingerprint density at radius 2 is 1.85 bits per heavy atom. The Bertz CT molecular complexity index is 670. The predicted octanol–water partition coefficient (Wildman–Crippen LogP) is 2.70. The first-order chi connectivity index (χ1) is 12.5. The van der Waals surface area contributed by atoms with Crippen LogP contribution in [-0.4, -0.2) is 45.4 Å². The Morgan fingerprint density at radius 1 is 1.15 bits per heavy atom. The highest BCUT2D eigenvalue weighted by Gasteiger charge is 2.30. The van der Waals surface area contributed by atoms with Crippen LogP contribution in [0.4, 0.5) is 5.69 Å². The number of methoxy groups -OCH3 is 2. The largest absolute Gasteiger partial charge is 0.371 e. The molecule has 1 atom stereocenters. The number of halogens is 1. The van der Waals surface area contributed by atoms with E-state index in [4.69, 9.17) is 21.1 Å². The topological polar surface area (TPSA) is 67.9 Å². The van der Waals surface area contributed by atoms with Gasteiger partial charge in [-0.25, -0.2) is 0 Å². The van der Waals surface area contributed by atoms with E-state index in [1.807, 2.05) is 18.2 Å². The maximum Gasteiger partial charge on any atom is 0.234 e. The third kappa shape index (κ3) is 4.03. The maximum absolute atomic E-state index is 12.1. The molecule has 1 unspecified atom stereocenters. The van der Waals surface area contributed by atoms with Crippen LogP contribution < -0.4 is 10.2 Å². The summed E-state index contributed by atoms with van der Waals surface area (Å²) < 4.78 is 10.8. The van der Waals surface area contributed by atoms with Gasteiger partial charge in [-0.2, -0.15) is 0 Å². The molecule has 2 aliphatic heterocycles. The number of piperidine rings is 2. The lowest BCUT2D eigenvalue weighted by Gasteiger charge is -2.36. The number of nitrogens with one attached hydrogen (secondary N) is 1. The van der Waals surface area contributed by atoms with Crippen molar-refractivity contribution < 1.29 is 19.1 Å². The highest BCUT2D eigenvalue weighted by Crippen LogP contribution is 2.34. The normalized spacial score (nSPS) is 22.0. The van der Waals surface area contributed by atoms with Crippen molar-refractivity contribution in [2.45, 2.75) is 37.9 Å². The first kappa shape index (κ1) is 19.1. The van der Waals surface area contributed by atoms with Crippen molar-refractivity contribution in [1.82, 2.24) is 5.32 Å². The van der Waals surface area contributed by atoms with Crippen LogP contribution in [0.2, 0.25) is 5.02 Å². The number of rotatable bonds is 5. The Balaban J connectivity index is 1.67. The number of hydrogen-bond donors (Lipinski definition) is 1. The molecule has 3 rings (SSSR count). The van der Waals surface area contributed by atoms with Crippen LogP contribution in [0.5, 0.6) is 0 Å². The van der Waals surface area contributed by atoms with E-state index in [9.17, 15) is 9.59 Å². The van der Waals surface area contributed by atoms with Gasteiger partial charge in [0.1, 0.15) is 0 Å². The number of hydrogen-bond acceptors (Lipinski definition) is 5. The van der Waals surface area contributed by atoms with E-state index in [2.05, 4.69) is 10.2 Å². The quantitative estimate of drug-likeness (QED) is 0.628. The number of benzene rings is 1. The molecule has 6 nitrogen and oxygen atoms in total. The first-order valence-corrected chi connectivity index (χ1v) is 9.35. The second-order valence-corrected chi connectivity index (χ2v) is 7.28. The fourth-order valence-corrected chi connectivity index (χ4v) is 4.20. The molecule has 1 aromatic rings. The van der Waals surface area contributed by atoms with Gasteiger partial charge in [-0.05, 0) is 37.0 Å². The van der Waals surface area contributed by atoms with Crippen LogP contribution in [0, 0.1) is 5.92 Å². The second-order valence-electron chi connectivity index (χ2n) is 6.87. The molecule has 2 saturated heterocycles. The number of imide groups is 1. The van der Waals surface area contributed by atoms with Gasteiger partial charge < -0.3 is 14.4 Å². The third-order valence-electron chi connectivity index (χ3n) is 5.35. The molecule has 0 aromatic heterocycles. The summed E-state index contributed by atoms with van der Waals surface area (Å²) in [6, 6.07) is 5.84. The van der Waals surface area contributed by atoms with E-state index < -0.39 is 0 Å².